The first-order valence-corrected chi connectivity index (χ1v) is 7.44. The summed E-state index contributed by atoms with van der Waals surface area (Å²) >= 11 is 0. The van der Waals surface area contributed by atoms with Crippen molar-refractivity contribution in [2.75, 3.05) is 5.32 Å². The minimum atomic E-state index is -0.667. The number of fused-ring (bicyclic) bond motifs is 1. The second-order valence-electron chi connectivity index (χ2n) is 5.66. The van der Waals surface area contributed by atoms with Gasteiger partial charge in [0, 0.05) is 24.0 Å². The molecular formula is C17H13F2N3O2. The molecule has 2 aromatic heterocycles. The van der Waals surface area contributed by atoms with Crippen molar-refractivity contribution in [3.63, 3.8) is 0 Å². The Kier molecular flexibility index (Phi) is 3.41. The molecule has 24 heavy (non-hydrogen) atoms. The molecule has 1 aromatic carbocycles. The molecule has 1 amide bonds. The molecule has 0 spiro atoms. The van der Waals surface area contributed by atoms with Crippen LogP contribution in [0.5, 0.6) is 0 Å². The standard InChI is InChI=1S/C17H13F2N3O2/c18-10-3-4-12(15(19)6-10)13-7-16(23)21-17-14(13)8-20-22(17)9-11-2-1-5-24-11/h1-6,8,13H,7,9H2,(H,21,23)/t13-/m0/s1. The van der Waals surface area contributed by atoms with Gasteiger partial charge in [0.1, 0.15) is 29.8 Å². The van der Waals surface area contributed by atoms with Gasteiger partial charge in [-0.25, -0.2) is 13.5 Å². The molecule has 1 aliphatic rings. The van der Waals surface area contributed by atoms with Crippen LogP contribution in [0.3, 0.4) is 0 Å². The number of benzene rings is 1. The fourth-order valence-corrected chi connectivity index (χ4v) is 3.00. The van der Waals surface area contributed by atoms with Crippen molar-refractivity contribution < 1.29 is 18.0 Å². The average Bonchev–Trinajstić information content (AvgIpc) is 3.18. The molecule has 0 bridgehead atoms. The Bertz CT molecular complexity index is 903. The summed E-state index contributed by atoms with van der Waals surface area (Å²) in [6.45, 7) is 0.348. The highest BCUT2D eigenvalue weighted by Gasteiger charge is 2.31. The molecule has 5 nitrogen and oxygen atoms in total. The lowest BCUT2D eigenvalue weighted by Gasteiger charge is -2.24. The smallest absolute Gasteiger partial charge is 0.226 e. The van der Waals surface area contributed by atoms with Crippen molar-refractivity contribution in [3.05, 3.63) is 71.3 Å². The number of hydrogen-bond donors (Lipinski definition) is 1. The third-order valence-electron chi connectivity index (χ3n) is 4.11. The summed E-state index contributed by atoms with van der Waals surface area (Å²) in [5, 5.41) is 7.05. The summed E-state index contributed by atoms with van der Waals surface area (Å²) in [5.41, 5.74) is 0.983. The van der Waals surface area contributed by atoms with Crippen molar-refractivity contribution in [1.29, 1.82) is 0 Å². The first-order chi connectivity index (χ1) is 11.6. The van der Waals surface area contributed by atoms with Gasteiger partial charge in [-0.1, -0.05) is 6.07 Å². The number of amides is 1. The van der Waals surface area contributed by atoms with Crippen molar-refractivity contribution in [1.82, 2.24) is 9.78 Å². The molecular weight excluding hydrogens is 316 g/mol. The number of nitrogens with zero attached hydrogens (tertiary/aromatic N) is 2. The summed E-state index contributed by atoms with van der Waals surface area (Å²) < 4.78 is 34.2. The first-order valence-electron chi connectivity index (χ1n) is 7.44. The van der Waals surface area contributed by atoms with Crippen LogP contribution in [0, 0.1) is 11.6 Å². The molecule has 0 fully saturated rings. The first kappa shape index (κ1) is 14.6. The van der Waals surface area contributed by atoms with Crippen molar-refractivity contribution in [2.45, 2.75) is 18.9 Å². The zero-order valence-corrected chi connectivity index (χ0v) is 12.5. The maximum absolute atomic E-state index is 14.2. The van der Waals surface area contributed by atoms with Gasteiger partial charge in [-0.05, 0) is 23.8 Å². The highest BCUT2D eigenvalue weighted by Crippen LogP contribution is 2.38. The van der Waals surface area contributed by atoms with E-state index >= 15 is 0 Å². The van der Waals surface area contributed by atoms with Crippen LogP contribution >= 0.6 is 0 Å². The molecule has 7 heteroatoms. The summed E-state index contributed by atoms with van der Waals surface area (Å²) in [7, 11) is 0. The van der Waals surface area contributed by atoms with Gasteiger partial charge in [0.15, 0.2) is 0 Å². The van der Waals surface area contributed by atoms with E-state index in [-0.39, 0.29) is 17.9 Å². The Balaban J connectivity index is 1.75. The number of halogens is 2. The van der Waals surface area contributed by atoms with Gasteiger partial charge >= 0.3 is 0 Å². The van der Waals surface area contributed by atoms with Crippen LogP contribution in [-0.4, -0.2) is 15.7 Å². The number of hydrogen-bond acceptors (Lipinski definition) is 3. The molecule has 0 saturated carbocycles. The quantitative estimate of drug-likeness (QED) is 0.802. The largest absolute Gasteiger partial charge is 0.467 e. The molecule has 0 unspecified atom stereocenters. The minimum absolute atomic E-state index is 0.0853. The molecule has 0 saturated heterocycles. The van der Waals surface area contributed by atoms with E-state index in [1.54, 1.807) is 29.3 Å². The SMILES string of the molecule is O=C1C[C@@H](c2ccc(F)cc2F)c2cnn(Cc3ccco3)c2N1. The number of nitrogens with one attached hydrogen (secondary N) is 1. The van der Waals surface area contributed by atoms with Gasteiger partial charge in [0.2, 0.25) is 5.91 Å². The fourth-order valence-electron chi connectivity index (χ4n) is 3.00. The highest BCUT2D eigenvalue weighted by atomic mass is 19.1. The molecule has 1 atom stereocenters. The van der Waals surface area contributed by atoms with Gasteiger partial charge in [-0.3, -0.25) is 4.79 Å². The molecule has 4 rings (SSSR count). The lowest BCUT2D eigenvalue weighted by Crippen LogP contribution is -2.25. The predicted molar refractivity (Wildman–Crippen MR) is 81.5 cm³/mol. The van der Waals surface area contributed by atoms with E-state index in [1.807, 2.05) is 0 Å². The maximum Gasteiger partial charge on any atom is 0.226 e. The van der Waals surface area contributed by atoms with Crippen LogP contribution in [0.25, 0.3) is 0 Å². The second-order valence-corrected chi connectivity index (χ2v) is 5.66. The molecule has 1 N–H and O–H groups in total. The van der Waals surface area contributed by atoms with Gasteiger partial charge in [0.25, 0.3) is 0 Å². The zero-order chi connectivity index (χ0) is 16.7. The number of aromatic nitrogens is 2. The summed E-state index contributed by atoms with van der Waals surface area (Å²) in [6, 6.07) is 6.96. The molecule has 3 aromatic rings. The van der Waals surface area contributed by atoms with E-state index in [4.69, 9.17) is 4.42 Å². The Morgan fingerprint density at radius 1 is 1.29 bits per heavy atom. The zero-order valence-electron chi connectivity index (χ0n) is 12.5. The van der Waals surface area contributed by atoms with E-state index in [0.29, 0.717) is 23.7 Å². The number of rotatable bonds is 3. The lowest BCUT2D eigenvalue weighted by molar-refractivity contribution is -0.116. The van der Waals surface area contributed by atoms with E-state index in [0.717, 1.165) is 6.07 Å². The minimum Gasteiger partial charge on any atom is -0.467 e. The summed E-state index contributed by atoms with van der Waals surface area (Å²) in [4.78, 5) is 12.1. The molecule has 122 valence electrons. The van der Waals surface area contributed by atoms with Crippen molar-refractivity contribution in [3.8, 4) is 0 Å². The summed E-state index contributed by atoms with van der Waals surface area (Å²) in [6.07, 6.45) is 3.24. The number of anilines is 1. The van der Waals surface area contributed by atoms with E-state index < -0.39 is 17.6 Å². The average molecular weight is 329 g/mol. The molecule has 3 heterocycles. The Labute approximate surface area is 135 Å². The third kappa shape index (κ3) is 2.47. The highest BCUT2D eigenvalue weighted by molar-refractivity contribution is 5.94. The summed E-state index contributed by atoms with van der Waals surface area (Å²) in [5.74, 6) is -0.858. The van der Waals surface area contributed by atoms with Gasteiger partial charge in [-0.15, -0.1) is 0 Å². The molecule has 1 aliphatic heterocycles. The van der Waals surface area contributed by atoms with E-state index in [2.05, 4.69) is 10.4 Å². The second kappa shape index (κ2) is 5.59. The Morgan fingerprint density at radius 2 is 2.17 bits per heavy atom. The number of carbonyl (C=O) groups is 1. The van der Waals surface area contributed by atoms with Crippen molar-refractivity contribution >= 4 is 11.7 Å². The lowest BCUT2D eigenvalue weighted by atomic mass is 9.87. The fraction of sp³-hybridized carbons (Fsp3) is 0.176. The molecule has 0 radical (unpaired) electrons. The van der Waals surface area contributed by atoms with Gasteiger partial charge in [-0.2, -0.15) is 5.10 Å². The van der Waals surface area contributed by atoms with Crippen LogP contribution in [0.4, 0.5) is 14.6 Å². The van der Waals surface area contributed by atoms with Gasteiger partial charge < -0.3 is 9.73 Å². The number of furan rings is 1. The number of carbonyl (C=O) groups excluding carboxylic acids is 1. The third-order valence-corrected chi connectivity index (χ3v) is 4.11. The Morgan fingerprint density at radius 3 is 2.92 bits per heavy atom. The van der Waals surface area contributed by atoms with E-state index in [9.17, 15) is 13.6 Å². The van der Waals surface area contributed by atoms with Gasteiger partial charge in [0.05, 0.1) is 12.5 Å². The van der Waals surface area contributed by atoms with Crippen LogP contribution in [0.15, 0.2) is 47.2 Å². The topological polar surface area (TPSA) is 60.1 Å². The van der Waals surface area contributed by atoms with E-state index in [1.165, 1.54) is 12.1 Å². The van der Waals surface area contributed by atoms with Crippen LogP contribution in [0.2, 0.25) is 0 Å². The van der Waals surface area contributed by atoms with Crippen LogP contribution in [0.1, 0.15) is 29.2 Å². The molecule has 0 aliphatic carbocycles. The predicted octanol–water partition coefficient (Wildman–Crippen LogP) is 3.28. The van der Waals surface area contributed by atoms with Crippen LogP contribution in [-0.2, 0) is 11.3 Å². The monoisotopic (exact) mass is 329 g/mol. The van der Waals surface area contributed by atoms with Crippen molar-refractivity contribution in [2.24, 2.45) is 0 Å². The maximum atomic E-state index is 14.2. The van der Waals surface area contributed by atoms with Crippen LogP contribution < -0.4 is 5.32 Å². The Hall–Kier alpha value is -2.96. The normalized spacial score (nSPS) is 16.8.